The van der Waals surface area contributed by atoms with Gasteiger partial charge in [-0.3, -0.25) is 4.79 Å². The van der Waals surface area contributed by atoms with Crippen LogP contribution in [0, 0.1) is 6.92 Å². The summed E-state index contributed by atoms with van der Waals surface area (Å²) < 4.78 is 28.0. The van der Waals surface area contributed by atoms with Crippen molar-refractivity contribution in [2.24, 2.45) is 0 Å². The van der Waals surface area contributed by atoms with Crippen molar-refractivity contribution in [1.29, 1.82) is 0 Å². The summed E-state index contributed by atoms with van der Waals surface area (Å²) in [5.74, 6) is 0.00756. The van der Waals surface area contributed by atoms with Crippen molar-refractivity contribution in [3.8, 4) is 0 Å². The molecule has 2 heterocycles. The van der Waals surface area contributed by atoms with E-state index in [1.54, 1.807) is 9.21 Å². The minimum Gasteiger partial charge on any atom is -0.351 e. The number of sulfonamides is 1. The lowest BCUT2D eigenvalue weighted by Crippen LogP contribution is -2.51. The van der Waals surface area contributed by atoms with Gasteiger partial charge in [-0.1, -0.05) is 0 Å². The number of carbonyl (C=O) groups is 1. The van der Waals surface area contributed by atoms with E-state index in [0.29, 0.717) is 26.2 Å². The third-order valence-electron chi connectivity index (χ3n) is 4.64. The van der Waals surface area contributed by atoms with E-state index in [4.69, 9.17) is 0 Å². The molecule has 2 fully saturated rings. The van der Waals surface area contributed by atoms with Gasteiger partial charge in [0.25, 0.3) is 5.91 Å². The molecule has 3 rings (SSSR count). The first kappa shape index (κ1) is 15.6. The molecule has 122 valence electrons. The van der Waals surface area contributed by atoms with Crippen LogP contribution in [-0.4, -0.2) is 59.5 Å². The van der Waals surface area contributed by atoms with E-state index < -0.39 is 10.0 Å². The van der Waals surface area contributed by atoms with Crippen LogP contribution in [-0.2, 0) is 16.6 Å². The second-order valence-electron chi connectivity index (χ2n) is 6.04. The SMILES string of the molecule is CCn1ccc(C(=O)N2CCN(S(=O)(=O)C3CC3)CC2)c1C. The smallest absolute Gasteiger partial charge is 0.255 e. The highest BCUT2D eigenvalue weighted by atomic mass is 32.2. The summed E-state index contributed by atoms with van der Waals surface area (Å²) in [7, 11) is -3.12. The Bertz CT molecular complexity index is 668. The third-order valence-corrected chi connectivity index (χ3v) is 7.04. The lowest BCUT2D eigenvalue weighted by molar-refractivity contribution is 0.0697. The van der Waals surface area contributed by atoms with Gasteiger partial charge in [0.15, 0.2) is 0 Å². The van der Waals surface area contributed by atoms with E-state index in [-0.39, 0.29) is 11.2 Å². The number of aromatic nitrogens is 1. The van der Waals surface area contributed by atoms with Crippen LogP contribution in [0.1, 0.15) is 35.8 Å². The largest absolute Gasteiger partial charge is 0.351 e. The number of amides is 1. The van der Waals surface area contributed by atoms with Crippen LogP contribution in [0.5, 0.6) is 0 Å². The van der Waals surface area contributed by atoms with Crippen molar-refractivity contribution >= 4 is 15.9 Å². The van der Waals surface area contributed by atoms with Crippen molar-refractivity contribution in [1.82, 2.24) is 13.8 Å². The lowest BCUT2D eigenvalue weighted by Gasteiger charge is -2.34. The molecule has 1 saturated heterocycles. The predicted molar refractivity (Wildman–Crippen MR) is 84.3 cm³/mol. The number of aryl methyl sites for hydroxylation is 1. The molecule has 0 atom stereocenters. The quantitative estimate of drug-likeness (QED) is 0.832. The molecule has 1 aromatic heterocycles. The van der Waals surface area contributed by atoms with Crippen LogP contribution in [0.25, 0.3) is 0 Å². The summed E-state index contributed by atoms with van der Waals surface area (Å²) in [6.45, 7) is 6.61. The predicted octanol–water partition coefficient (Wildman–Crippen LogP) is 1.07. The Morgan fingerprint density at radius 1 is 1.23 bits per heavy atom. The standard InChI is InChI=1S/C15H23N3O3S/c1-3-16-7-6-14(12(16)2)15(19)17-8-10-18(11-9-17)22(20,21)13-4-5-13/h6-7,13H,3-5,8-11H2,1-2H3. The number of piperazine rings is 1. The Kier molecular flexibility index (Phi) is 4.03. The molecule has 0 spiro atoms. The van der Waals surface area contributed by atoms with Crippen molar-refractivity contribution in [2.45, 2.75) is 38.5 Å². The van der Waals surface area contributed by atoms with E-state index in [0.717, 1.165) is 30.6 Å². The third kappa shape index (κ3) is 2.67. The molecule has 6 nitrogen and oxygen atoms in total. The molecule has 1 saturated carbocycles. The van der Waals surface area contributed by atoms with Gasteiger partial charge < -0.3 is 9.47 Å². The van der Waals surface area contributed by atoms with Gasteiger partial charge in [-0.2, -0.15) is 4.31 Å². The molecule has 0 N–H and O–H groups in total. The van der Waals surface area contributed by atoms with Gasteiger partial charge in [-0.15, -0.1) is 0 Å². The maximum atomic E-state index is 12.6. The number of hydrogen-bond donors (Lipinski definition) is 0. The first-order chi connectivity index (χ1) is 10.4. The molecule has 1 aliphatic carbocycles. The van der Waals surface area contributed by atoms with Crippen LogP contribution >= 0.6 is 0 Å². The van der Waals surface area contributed by atoms with E-state index >= 15 is 0 Å². The minimum atomic E-state index is -3.12. The highest BCUT2D eigenvalue weighted by molar-refractivity contribution is 7.90. The zero-order chi connectivity index (χ0) is 15.9. The first-order valence-electron chi connectivity index (χ1n) is 7.89. The number of carbonyl (C=O) groups excluding carboxylic acids is 1. The van der Waals surface area contributed by atoms with E-state index in [1.165, 1.54) is 0 Å². The topological polar surface area (TPSA) is 62.6 Å². The lowest BCUT2D eigenvalue weighted by atomic mass is 10.2. The molecule has 0 unspecified atom stereocenters. The van der Waals surface area contributed by atoms with Crippen molar-refractivity contribution in [3.63, 3.8) is 0 Å². The monoisotopic (exact) mass is 325 g/mol. The van der Waals surface area contributed by atoms with E-state index in [9.17, 15) is 13.2 Å². The fourth-order valence-corrected chi connectivity index (χ4v) is 4.84. The maximum Gasteiger partial charge on any atom is 0.255 e. The number of hydrogen-bond acceptors (Lipinski definition) is 3. The van der Waals surface area contributed by atoms with Crippen LogP contribution in [0.4, 0.5) is 0 Å². The summed E-state index contributed by atoms with van der Waals surface area (Å²) in [5, 5.41) is -0.171. The Morgan fingerprint density at radius 3 is 2.36 bits per heavy atom. The van der Waals surface area contributed by atoms with Gasteiger partial charge in [-0.25, -0.2) is 8.42 Å². The minimum absolute atomic E-state index is 0.00756. The summed E-state index contributed by atoms with van der Waals surface area (Å²) >= 11 is 0. The molecule has 0 aromatic carbocycles. The molecule has 1 aliphatic heterocycles. The Balaban J connectivity index is 1.66. The average molecular weight is 325 g/mol. The van der Waals surface area contributed by atoms with Crippen LogP contribution in [0.3, 0.4) is 0 Å². The van der Waals surface area contributed by atoms with E-state index in [1.807, 2.05) is 30.7 Å². The molecular weight excluding hydrogens is 302 g/mol. The normalized spacial score (nSPS) is 20.4. The van der Waals surface area contributed by atoms with Crippen molar-refractivity contribution in [3.05, 3.63) is 23.5 Å². The van der Waals surface area contributed by atoms with Crippen LogP contribution in [0.2, 0.25) is 0 Å². The van der Waals surface area contributed by atoms with Crippen LogP contribution < -0.4 is 0 Å². The molecule has 0 radical (unpaired) electrons. The molecule has 1 amide bonds. The van der Waals surface area contributed by atoms with Crippen LogP contribution in [0.15, 0.2) is 12.3 Å². The van der Waals surface area contributed by atoms with Crippen molar-refractivity contribution < 1.29 is 13.2 Å². The molecular formula is C15H23N3O3S. The second kappa shape index (κ2) is 5.70. The fraction of sp³-hybridized carbons (Fsp3) is 0.667. The summed E-state index contributed by atoms with van der Waals surface area (Å²) in [6, 6.07) is 1.86. The van der Waals surface area contributed by atoms with E-state index in [2.05, 4.69) is 0 Å². The Labute approximate surface area is 131 Å². The number of rotatable bonds is 4. The first-order valence-corrected chi connectivity index (χ1v) is 9.39. The Hall–Kier alpha value is -1.34. The highest BCUT2D eigenvalue weighted by Gasteiger charge is 2.41. The van der Waals surface area contributed by atoms with Gasteiger partial charge in [0.05, 0.1) is 10.8 Å². The average Bonchev–Trinajstić information content (AvgIpc) is 3.31. The maximum absolute atomic E-state index is 12.6. The zero-order valence-electron chi connectivity index (χ0n) is 13.2. The molecule has 0 bridgehead atoms. The molecule has 22 heavy (non-hydrogen) atoms. The van der Waals surface area contributed by atoms with Gasteiger partial charge in [0, 0.05) is 44.6 Å². The molecule has 2 aliphatic rings. The summed E-state index contributed by atoms with van der Waals surface area (Å²) in [6.07, 6.45) is 3.49. The molecule has 1 aromatic rings. The molecule has 7 heteroatoms. The highest BCUT2D eigenvalue weighted by Crippen LogP contribution is 2.31. The number of nitrogens with zero attached hydrogens (tertiary/aromatic N) is 3. The van der Waals surface area contributed by atoms with Crippen molar-refractivity contribution in [2.75, 3.05) is 26.2 Å². The second-order valence-corrected chi connectivity index (χ2v) is 8.25. The summed E-state index contributed by atoms with van der Waals surface area (Å²) in [5.41, 5.74) is 1.70. The van der Waals surface area contributed by atoms with Gasteiger partial charge in [0.2, 0.25) is 10.0 Å². The van der Waals surface area contributed by atoms with Gasteiger partial charge in [-0.05, 0) is 32.8 Å². The zero-order valence-corrected chi connectivity index (χ0v) is 14.0. The fourth-order valence-electron chi connectivity index (χ4n) is 3.01. The van der Waals surface area contributed by atoms with Gasteiger partial charge >= 0.3 is 0 Å². The summed E-state index contributed by atoms with van der Waals surface area (Å²) in [4.78, 5) is 14.4. The van der Waals surface area contributed by atoms with Gasteiger partial charge in [0.1, 0.15) is 0 Å². The Morgan fingerprint density at radius 2 is 1.86 bits per heavy atom.